The highest BCUT2D eigenvalue weighted by atomic mass is 32.1. The smallest absolute Gasteiger partial charge is 0.261 e. The molecular formula is C14H15N3O2S. The molecule has 1 amide bonds. The Labute approximate surface area is 120 Å². The van der Waals surface area contributed by atoms with Gasteiger partial charge in [-0.3, -0.25) is 4.79 Å². The average Bonchev–Trinajstić information content (AvgIpc) is 3.21. The molecule has 2 aliphatic heterocycles. The third-order valence-electron chi connectivity index (χ3n) is 4.09. The number of hydrogen-bond donors (Lipinski definition) is 2. The Hall–Kier alpha value is -1.66. The predicted octanol–water partition coefficient (Wildman–Crippen LogP) is 2.03. The van der Waals surface area contributed by atoms with Crippen LogP contribution < -0.4 is 10.6 Å². The maximum absolute atomic E-state index is 12.3. The third kappa shape index (κ3) is 2.05. The molecule has 6 heteroatoms. The first-order chi connectivity index (χ1) is 9.79. The van der Waals surface area contributed by atoms with E-state index < -0.39 is 0 Å². The molecule has 0 spiro atoms. The molecule has 2 aromatic heterocycles. The maximum atomic E-state index is 12.3. The van der Waals surface area contributed by atoms with Crippen molar-refractivity contribution in [2.45, 2.75) is 37.4 Å². The van der Waals surface area contributed by atoms with Gasteiger partial charge in [0.2, 0.25) is 5.89 Å². The number of aromatic nitrogens is 1. The molecule has 2 fully saturated rings. The molecular weight excluding hydrogens is 274 g/mol. The van der Waals surface area contributed by atoms with E-state index in [9.17, 15) is 4.79 Å². The molecule has 3 atom stereocenters. The lowest BCUT2D eigenvalue weighted by Crippen LogP contribution is -2.42. The summed E-state index contributed by atoms with van der Waals surface area (Å²) in [5, 5.41) is 6.67. The van der Waals surface area contributed by atoms with Gasteiger partial charge in [-0.2, -0.15) is 0 Å². The van der Waals surface area contributed by atoms with Crippen LogP contribution in [0.2, 0.25) is 0 Å². The van der Waals surface area contributed by atoms with E-state index in [1.165, 1.54) is 30.4 Å². The summed E-state index contributed by atoms with van der Waals surface area (Å²) in [5.41, 5.74) is 0. The average molecular weight is 289 g/mol. The van der Waals surface area contributed by atoms with Gasteiger partial charge in [0.1, 0.15) is 6.26 Å². The summed E-state index contributed by atoms with van der Waals surface area (Å²) >= 11 is 1.41. The summed E-state index contributed by atoms with van der Waals surface area (Å²) in [4.78, 5) is 18.0. The molecule has 4 heterocycles. The van der Waals surface area contributed by atoms with E-state index in [-0.39, 0.29) is 11.9 Å². The minimum atomic E-state index is 0.00663. The Morgan fingerprint density at radius 1 is 1.45 bits per heavy atom. The SMILES string of the molecule is O=C(NC1CC2CCC1N2)c1ccc(-c2ncco2)s1. The van der Waals surface area contributed by atoms with Gasteiger partial charge in [-0.1, -0.05) is 0 Å². The van der Waals surface area contributed by atoms with Crippen molar-refractivity contribution in [2.24, 2.45) is 0 Å². The highest BCUT2D eigenvalue weighted by Gasteiger charge is 2.39. The molecule has 5 nitrogen and oxygen atoms in total. The summed E-state index contributed by atoms with van der Waals surface area (Å²) in [6.07, 6.45) is 6.60. The van der Waals surface area contributed by atoms with Crippen molar-refractivity contribution in [3.05, 3.63) is 29.5 Å². The number of carbonyl (C=O) groups is 1. The lowest BCUT2D eigenvalue weighted by Gasteiger charge is -2.20. The predicted molar refractivity (Wildman–Crippen MR) is 75.6 cm³/mol. The molecule has 104 valence electrons. The first-order valence-electron chi connectivity index (χ1n) is 6.86. The number of nitrogens with zero attached hydrogens (tertiary/aromatic N) is 1. The van der Waals surface area contributed by atoms with Crippen molar-refractivity contribution in [3.63, 3.8) is 0 Å². The van der Waals surface area contributed by atoms with Gasteiger partial charge in [0.25, 0.3) is 5.91 Å². The number of rotatable bonds is 3. The Kier molecular flexibility index (Phi) is 2.85. The second-order valence-electron chi connectivity index (χ2n) is 5.36. The quantitative estimate of drug-likeness (QED) is 0.907. The van der Waals surface area contributed by atoms with Crippen molar-refractivity contribution in [1.82, 2.24) is 15.6 Å². The number of carbonyl (C=O) groups excluding carboxylic acids is 1. The molecule has 0 radical (unpaired) electrons. The standard InChI is InChI=1S/C14H15N3O2S/c18-13(17-10-7-8-1-2-9(10)16-8)11-3-4-12(20-11)14-15-5-6-19-14/h3-6,8-10,16H,1-2,7H2,(H,17,18). The molecule has 3 unspecified atom stereocenters. The molecule has 2 N–H and O–H groups in total. The summed E-state index contributed by atoms with van der Waals surface area (Å²) < 4.78 is 5.24. The van der Waals surface area contributed by atoms with Gasteiger partial charge in [-0.25, -0.2) is 4.98 Å². The third-order valence-corrected chi connectivity index (χ3v) is 5.16. The molecule has 0 aliphatic carbocycles. The number of fused-ring (bicyclic) bond motifs is 2. The Morgan fingerprint density at radius 3 is 3.10 bits per heavy atom. The fourth-order valence-electron chi connectivity index (χ4n) is 3.14. The van der Waals surface area contributed by atoms with Gasteiger partial charge in [0.05, 0.1) is 16.0 Å². The molecule has 20 heavy (non-hydrogen) atoms. The number of oxazole rings is 1. The zero-order chi connectivity index (χ0) is 13.5. The van der Waals surface area contributed by atoms with Crippen LogP contribution in [0.3, 0.4) is 0 Å². The molecule has 2 aliphatic rings. The maximum Gasteiger partial charge on any atom is 0.261 e. The molecule has 2 bridgehead atoms. The van der Waals surface area contributed by atoms with Crippen molar-refractivity contribution in [1.29, 1.82) is 0 Å². The van der Waals surface area contributed by atoms with Crippen molar-refractivity contribution in [2.75, 3.05) is 0 Å². The van der Waals surface area contributed by atoms with Crippen LogP contribution in [0.1, 0.15) is 28.9 Å². The Bertz CT molecular complexity index is 622. The highest BCUT2D eigenvalue weighted by Crippen LogP contribution is 2.30. The largest absolute Gasteiger partial charge is 0.444 e. The van der Waals surface area contributed by atoms with E-state index in [1.807, 2.05) is 12.1 Å². The molecule has 0 saturated carbocycles. The Balaban J connectivity index is 1.46. The van der Waals surface area contributed by atoms with Crippen LogP contribution in [-0.4, -0.2) is 29.0 Å². The van der Waals surface area contributed by atoms with E-state index in [2.05, 4.69) is 15.6 Å². The van der Waals surface area contributed by atoms with Gasteiger partial charge < -0.3 is 15.1 Å². The fourth-order valence-corrected chi connectivity index (χ4v) is 3.99. The second-order valence-corrected chi connectivity index (χ2v) is 6.45. The number of amides is 1. The van der Waals surface area contributed by atoms with E-state index in [0.29, 0.717) is 22.9 Å². The first kappa shape index (κ1) is 12.1. The number of hydrogen-bond acceptors (Lipinski definition) is 5. The van der Waals surface area contributed by atoms with Crippen LogP contribution in [0.15, 0.2) is 29.0 Å². The molecule has 4 rings (SSSR count). The molecule has 0 aromatic carbocycles. The zero-order valence-electron chi connectivity index (χ0n) is 10.8. The van der Waals surface area contributed by atoms with Gasteiger partial charge in [-0.05, 0) is 31.4 Å². The van der Waals surface area contributed by atoms with Crippen molar-refractivity contribution in [3.8, 4) is 10.8 Å². The summed E-state index contributed by atoms with van der Waals surface area (Å²) in [5.74, 6) is 0.572. The normalized spacial score (nSPS) is 27.9. The lowest BCUT2D eigenvalue weighted by atomic mass is 9.95. The topological polar surface area (TPSA) is 67.2 Å². The van der Waals surface area contributed by atoms with Gasteiger partial charge in [0.15, 0.2) is 0 Å². The van der Waals surface area contributed by atoms with E-state index in [1.54, 1.807) is 6.20 Å². The van der Waals surface area contributed by atoms with Crippen LogP contribution >= 0.6 is 11.3 Å². The van der Waals surface area contributed by atoms with Gasteiger partial charge >= 0.3 is 0 Å². The number of thiophene rings is 1. The first-order valence-corrected chi connectivity index (χ1v) is 7.68. The van der Waals surface area contributed by atoms with E-state index in [4.69, 9.17) is 4.42 Å². The lowest BCUT2D eigenvalue weighted by molar-refractivity contribution is 0.0935. The van der Waals surface area contributed by atoms with Crippen molar-refractivity contribution < 1.29 is 9.21 Å². The molecule has 2 saturated heterocycles. The van der Waals surface area contributed by atoms with Gasteiger partial charge in [0, 0.05) is 18.1 Å². The zero-order valence-corrected chi connectivity index (χ0v) is 11.7. The van der Waals surface area contributed by atoms with Crippen LogP contribution in [0.25, 0.3) is 10.8 Å². The second kappa shape index (κ2) is 4.71. The van der Waals surface area contributed by atoms with E-state index in [0.717, 1.165) is 11.3 Å². The summed E-state index contributed by atoms with van der Waals surface area (Å²) in [6, 6.07) is 5.03. The molecule has 2 aromatic rings. The van der Waals surface area contributed by atoms with Gasteiger partial charge in [-0.15, -0.1) is 11.3 Å². The minimum Gasteiger partial charge on any atom is -0.444 e. The van der Waals surface area contributed by atoms with Crippen molar-refractivity contribution >= 4 is 17.2 Å². The van der Waals surface area contributed by atoms with Crippen LogP contribution in [-0.2, 0) is 0 Å². The minimum absolute atomic E-state index is 0.00663. The van der Waals surface area contributed by atoms with E-state index >= 15 is 0 Å². The fraction of sp³-hybridized carbons (Fsp3) is 0.429. The Morgan fingerprint density at radius 2 is 2.40 bits per heavy atom. The number of nitrogens with one attached hydrogen (secondary N) is 2. The van der Waals surface area contributed by atoms with Crippen LogP contribution in [0, 0.1) is 0 Å². The van der Waals surface area contributed by atoms with Crippen LogP contribution in [0.4, 0.5) is 0 Å². The van der Waals surface area contributed by atoms with Crippen LogP contribution in [0.5, 0.6) is 0 Å². The monoisotopic (exact) mass is 289 g/mol. The summed E-state index contributed by atoms with van der Waals surface area (Å²) in [7, 11) is 0. The highest BCUT2D eigenvalue weighted by molar-refractivity contribution is 7.17. The summed E-state index contributed by atoms with van der Waals surface area (Å²) in [6.45, 7) is 0.